The van der Waals surface area contributed by atoms with Crippen LogP contribution in [-0.2, 0) is 4.74 Å². The summed E-state index contributed by atoms with van der Waals surface area (Å²) in [7, 11) is 0. The fourth-order valence-electron chi connectivity index (χ4n) is 3.41. The summed E-state index contributed by atoms with van der Waals surface area (Å²) in [5.74, 6) is 0.355. The van der Waals surface area contributed by atoms with Crippen molar-refractivity contribution in [2.45, 2.75) is 25.8 Å². The summed E-state index contributed by atoms with van der Waals surface area (Å²) in [6, 6.07) is 5.93. The zero-order valence-corrected chi connectivity index (χ0v) is 12.5. The van der Waals surface area contributed by atoms with Crippen LogP contribution in [0.15, 0.2) is 18.2 Å². The van der Waals surface area contributed by atoms with Gasteiger partial charge in [0.2, 0.25) is 0 Å². The van der Waals surface area contributed by atoms with Gasteiger partial charge in [0.1, 0.15) is 0 Å². The van der Waals surface area contributed by atoms with Gasteiger partial charge >= 0.3 is 5.97 Å². The van der Waals surface area contributed by atoms with Crippen LogP contribution in [0.2, 0.25) is 0 Å². The van der Waals surface area contributed by atoms with Crippen LogP contribution >= 0.6 is 0 Å². The van der Waals surface area contributed by atoms with Crippen molar-refractivity contribution >= 4 is 17.3 Å². The molecule has 3 heterocycles. The standard InChI is InChI=1S/C16H23N3O2/c1-2-21-16(20)12-4-3-5-13(15(12)17)18-14-10-19-8-6-11(14)7-9-19/h3-5,11,14,18H,2,6-10,17H2,1H3. The first-order valence-corrected chi connectivity index (χ1v) is 7.73. The minimum atomic E-state index is -0.354. The molecule has 5 nitrogen and oxygen atoms in total. The van der Waals surface area contributed by atoms with Gasteiger partial charge in [-0.1, -0.05) is 6.07 Å². The molecule has 1 aromatic carbocycles. The van der Waals surface area contributed by atoms with Crippen molar-refractivity contribution in [1.29, 1.82) is 0 Å². The molecule has 3 aliphatic heterocycles. The number of nitrogens with two attached hydrogens (primary N) is 1. The second-order valence-corrected chi connectivity index (χ2v) is 5.88. The van der Waals surface area contributed by atoms with Gasteiger partial charge in [0.25, 0.3) is 0 Å². The lowest BCUT2D eigenvalue weighted by Gasteiger charge is -2.45. The first-order valence-electron chi connectivity index (χ1n) is 7.73. The highest BCUT2D eigenvalue weighted by Gasteiger charge is 2.34. The largest absolute Gasteiger partial charge is 0.462 e. The molecular weight excluding hydrogens is 266 g/mol. The quantitative estimate of drug-likeness (QED) is 0.655. The number of esters is 1. The van der Waals surface area contributed by atoms with Crippen molar-refractivity contribution in [2.75, 3.05) is 37.3 Å². The first-order chi connectivity index (χ1) is 10.2. The molecule has 3 N–H and O–H groups in total. The zero-order valence-electron chi connectivity index (χ0n) is 12.5. The summed E-state index contributed by atoms with van der Waals surface area (Å²) >= 11 is 0. The number of nitrogens with one attached hydrogen (secondary N) is 1. The van der Waals surface area contributed by atoms with E-state index in [4.69, 9.17) is 10.5 Å². The van der Waals surface area contributed by atoms with E-state index in [1.54, 1.807) is 13.0 Å². The molecule has 114 valence electrons. The first kappa shape index (κ1) is 14.2. The van der Waals surface area contributed by atoms with Crippen LogP contribution in [0.3, 0.4) is 0 Å². The Morgan fingerprint density at radius 1 is 1.43 bits per heavy atom. The predicted molar refractivity (Wildman–Crippen MR) is 83.4 cm³/mol. The monoisotopic (exact) mass is 289 g/mol. The Morgan fingerprint density at radius 3 is 2.81 bits per heavy atom. The molecular formula is C16H23N3O2. The number of rotatable bonds is 4. The number of para-hydroxylation sites is 1. The van der Waals surface area contributed by atoms with Gasteiger partial charge in [0.05, 0.1) is 23.5 Å². The van der Waals surface area contributed by atoms with Gasteiger partial charge in [-0.05, 0) is 50.9 Å². The number of benzene rings is 1. The molecule has 4 rings (SSSR count). The van der Waals surface area contributed by atoms with E-state index in [-0.39, 0.29) is 5.97 Å². The molecule has 0 aromatic heterocycles. The van der Waals surface area contributed by atoms with Crippen molar-refractivity contribution in [3.63, 3.8) is 0 Å². The Morgan fingerprint density at radius 2 is 2.19 bits per heavy atom. The Bertz CT molecular complexity index is 524. The summed E-state index contributed by atoms with van der Waals surface area (Å²) < 4.78 is 5.05. The second-order valence-electron chi connectivity index (χ2n) is 5.88. The van der Waals surface area contributed by atoms with Crippen molar-refractivity contribution < 1.29 is 9.53 Å². The van der Waals surface area contributed by atoms with Crippen molar-refractivity contribution in [2.24, 2.45) is 5.92 Å². The molecule has 3 saturated heterocycles. The summed E-state index contributed by atoms with van der Waals surface area (Å²) in [6.45, 7) is 5.63. The number of anilines is 2. The highest BCUT2D eigenvalue weighted by atomic mass is 16.5. The summed E-state index contributed by atoms with van der Waals surface area (Å²) in [5, 5.41) is 3.54. The third kappa shape index (κ3) is 2.83. The molecule has 1 aromatic rings. The van der Waals surface area contributed by atoms with Gasteiger partial charge < -0.3 is 20.7 Å². The van der Waals surface area contributed by atoms with E-state index < -0.39 is 0 Å². The Kier molecular flexibility index (Phi) is 4.01. The van der Waals surface area contributed by atoms with Crippen LogP contribution in [-0.4, -0.2) is 43.2 Å². The number of nitrogen functional groups attached to an aromatic ring is 1. The topological polar surface area (TPSA) is 67.6 Å². The van der Waals surface area contributed by atoms with Gasteiger partial charge in [0, 0.05) is 12.6 Å². The molecule has 21 heavy (non-hydrogen) atoms. The van der Waals surface area contributed by atoms with Crippen LogP contribution in [0.5, 0.6) is 0 Å². The minimum Gasteiger partial charge on any atom is -0.462 e. The molecule has 5 heteroatoms. The number of fused-ring (bicyclic) bond motifs is 3. The summed E-state index contributed by atoms with van der Waals surface area (Å²) in [4.78, 5) is 14.4. The third-order valence-electron chi connectivity index (χ3n) is 4.60. The number of nitrogens with zero attached hydrogens (tertiary/aromatic N) is 1. The van der Waals surface area contributed by atoms with Gasteiger partial charge in [-0.3, -0.25) is 0 Å². The molecule has 3 aliphatic rings. The normalized spacial score (nSPS) is 27.4. The minimum absolute atomic E-state index is 0.354. The predicted octanol–water partition coefficient (Wildman–Crippen LogP) is 1.95. The molecule has 0 radical (unpaired) electrons. The van der Waals surface area contributed by atoms with E-state index in [0.29, 0.717) is 29.8 Å². The smallest absolute Gasteiger partial charge is 0.340 e. The Hall–Kier alpha value is -1.75. The van der Waals surface area contributed by atoms with E-state index in [2.05, 4.69) is 10.2 Å². The van der Waals surface area contributed by atoms with Crippen LogP contribution in [0.25, 0.3) is 0 Å². The Balaban J connectivity index is 1.76. The van der Waals surface area contributed by atoms with Gasteiger partial charge in [0.15, 0.2) is 0 Å². The van der Waals surface area contributed by atoms with Crippen molar-refractivity contribution in [1.82, 2.24) is 4.90 Å². The third-order valence-corrected chi connectivity index (χ3v) is 4.60. The second kappa shape index (κ2) is 5.93. The zero-order chi connectivity index (χ0) is 14.8. The fourth-order valence-corrected chi connectivity index (χ4v) is 3.41. The van der Waals surface area contributed by atoms with Crippen LogP contribution < -0.4 is 11.1 Å². The maximum absolute atomic E-state index is 11.9. The number of piperidine rings is 3. The number of hydrogen-bond donors (Lipinski definition) is 2. The lowest BCUT2D eigenvalue weighted by molar-refractivity contribution is 0.0527. The van der Waals surface area contributed by atoms with Crippen LogP contribution in [0.1, 0.15) is 30.1 Å². The van der Waals surface area contributed by atoms with Crippen molar-refractivity contribution in [3.8, 4) is 0 Å². The van der Waals surface area contributed by atoms with E-state index in [0.717, 1.165) is 12.2 Å². The number of hydrogen-bond acceptors (Lipinski definition) is 5. The molecule has 1 atom stereocenters. The SMILES string of the molecule is CCOC(=O)c1cccc(NC2CN3CCC2CC3)c1N. The number of ether oxygens (including phenoxy) is 1. The molecule has 0 amide bonds. The fraction of sp³-hybridized carbons (Fsp3) is 0.562. The molecule has 0 aliphatic carbocycles. The molecule has 1 unspecified atom stereocenters. The average molecular weight is 289 g/mol. The lowest BCUT2D eigenvalue weighted by atomic mass is 9.84. The van der Waals surface area contributed by atoms with Gasteiger partial charge in [-0.15, -0.1) is 0 Å². The summed E-state index contributed by atoms with van der Waals surface area (Å²) in [6.07, 6.45) is 2.49. The molecule has 0 saturated carbocycles. The average Bonchev–Trinajstić information content (AvgIpc) is 2.51. The van der Waals surface area contributed by atoms with E-state index in [9.17, 15) is 4.79 Å². The molecule has 3 fully saturated rings. The number of carbonyl (C=O) groups excluding carboxylic acids is 1. The van der Waals surface area contributed by atoms with Crippen LogP contribution in [0, 0.1) is 5.92 Å². The van der Waals surface area contributed by atoms with E-state index in [1.807, 2.05) is 12.1 Å². The van der Waals surface area contributed by atoms with Crippen molar-refractivity contribution in [3.05, 3.63) is 23.8 Å². The molecule has 0 spiro atoms. The maximum atomic E-state index is 11.9. The van der Waals surface area contributed by atoms with Gasteiger partial charge in [-0.2, -0.15) is 0 Å². The highest BCUT2D eigenvalue weighted by molar-refractivity contribution is 5.98. The summed E-state index contributed by atoms with van der Waals surface area (Å²) in [5.41, 5.74) is 7.94. The van der Waals surface area contributed by atoms with E-state index >= 15 is 0 Å². The van der Waals surface area contributed by atoms with Crippen LogP contribution in [0.4, 0.5) is 11.4 Å². The highest BCUT2D eigenvalue weighted by Crippen LogP contribution is 2.32. The number of carbonyl (C=O) groups is 1. The maximum Gasteiger partial charge on any atom is 0.340 e. The Labute approximate surface area is 125 Å². The van der Waals surface area contributed by atoms with Gasteiger partial charge in [-0.25, -0.2) is 4.79 Å². The van der Waals surface area contributed by atoms with E-state index in [1.165, 1.54) is 25.9 Å². The molecule has 2 bridgehead atoms. The lowest BCUT2D eigenvalue weighted by Crippen LogP contribution is -2.53.